The number of nitrogens with one attached hydrogen (secondary N) is 1. The molecule has 1 atom stereocenters. The van der Waals surface area contributed by atoms with Crippen LogP contribution in [0, 0.1) is 0 Å². The molecule has 0 spiro atoms. The molecule has 0 aromatic heterocycles. The Balaban J connectivity index is 1.87. The molecule has 1 aliphatic heterocycles. The molecule has 20 heavy (non-hydrogen) atoms. The van der Waals surface area contributed by atoms with Gasteiger partial charge in [0.1, 0.15) is 0 Å². The third-order valence-electron chi connectivity index (χ3n) is 4.08. The number of aliphatic hydroxyl groups excluding tert-OH is 1. The fourth-order valence-corrected chi connectivity index (χ4v) is 2.64. The summed E-state index contributed by atoms with van der Waals surface area (Å²) in [6.45, 7) is 4.79. The van der Waals surface area contributed by atoms with E-state index in [1.54, 1.807) is 0 Å². The molecule has 112 valence electrons. The summed E-state index contributed by atoms with van der Waals surface area (Å²) >= 11 is 0. The molecule has 1 fully saturated rings. The number of benzene rings is 1. The second kappa shape index (κ2) is 7.62. The summed E-state index contributed by atoms with van der Waals surface area (Å²) in [5, 5.41) is 12.0. The van der Waals surface area contributed by atoms with Crippen LogP contribution in [0.25, 0.3) is 0 Å². The van der Waals surface area contributed by atoms with Gasteiger partial charge in [0.25, 0.3) is 0 Å². The van der Waals surface area contributed by atoms with Crippen LogP contribution >= 0.6 is 0 Å². The Labute approximate surface area is 121 Å². The number of hydrogen-bond acceptors (Lipinski definition) is 4. The van der Waals surface area contributed by atoms with Gasteiger partial charge in [-0.1, -0.05) is 12.1 Å². The maximum absolute atomic E-state index is 8.78. The van der Waals surface area contributed by atoms with Gasteiger partial charge >= 0.3 is 0 Å². The quantitative estimate of drug-likeness (QED) is 0.835. The van der Waals surface area contributed by atoms with Gasteiger partial charge in [-0.3, -0.25) is 0 Å². The Morgan fingerprint density at radius 1 is 1.30 bits per heavy atom. The van der Waals surface area contributed by atoms with Gasteiger partial charge in [-0.25, -0.2) is 0 Å². The molecular weight excluding hydrogens is 252 g/mol. The average Bonchev–Trinajstić information content (AvgIpc) is 2.53. The molecule has 2 N–H and O–H groups in total. The summed E-state index contributed by atoms with van der Waals surface area (Å²) in [5.41, 5.74) is 2.61. The van der Waals surface area contributed by atoms with Crippen molar-refractivity contribution in [3.8, 4) is 0 Å². The first-order valence-corrected chi connectivity index (χ1v) is 7.49. The van der Waals surface area contributed by atoms with E-state index in [9.17, 15) is 0 Å². The van der Waals surface area contributed by atoms with Gasteiger partial charge < -0.3 is 20.1 Å². The lowest BCUT2D eigenvalue weighted by Crippen LogP contribution is -2.37. The Hall–Kier alpha value is -1.10. The maximum atomic E-state index is 8.78. The van der Waals surface area contributed by atoms with Crippen molar-refractivity contribution in [2.75, 3.05) is 38.3 Å². The highest BCUT2D eigenvalue weighted by Gasteiger charge is 2.19. The molecule has 0 amide bonds. The highest BCUT2D eigenvalue weighted by atomic mass is 16.5. The van der Waals surface area contributed by atoms with E-state index < -0.39 is 0 Å². The van der Waals surface area contributed by atoms with Crippen LogP contribution in [0.3, 0.4) is 0 Å². The third kappa shape index (κ3) is 3.95. The standard InChI is InChI=1S/C16H26N2O2/c1-13(17-2)14-3-5-15(6-4-14)18-9-7-16(8-10-18)20-12-11-19/h3-6,13,16-17,19H,7-12H2,1-2H3. The first-order chi connectivity index (χ1) is 9.74. The summed E-state index contributed by atoms with van der Waals surface area (Å²) in [4.78, 5) is 2.41. The van der Waals surface area contributed by atoms with E-state index in [0.717, 1.165) is 25.9 Å². The van der Waals surface area contributed by atoms with Crippen molar-refractivity contribution in [3.63, 3.8) is 0 Å². The minimum Gasteiger partial charge on any atom is -0.394 e. The summed E-state index contributed by atoms with van der Waals surface area (Å²) in [7, 11) is 1.98. The Bertz CT molecular complexity index is 386. The van der Waals surface area contributed by atoms with Gasteiger partial charge in [-0.15, -0.1) is 0 Å². The van der Waals surface area contributed by atoms with E-state index in [0.29, 0.717) is 18.8 Å². The number of hydrogen-bond donors (Lipinski definition) is 2. The predicted octanol–water partition coefficient (Wildman–Crippen LogP) is 1.94. The average molecular weight is 278 g/mol. The van der Waals surface area contributed by atoms with Crippen LogP contribution in [0.1, 0.15) is 31.4 Å². The smallest absolute Gasteiger partial charge is 0.0701 e. The van der Waals surface area contributed by atoms with Crippen molar-refractivity contribution in [1.82, 2.24) is 5.32 Å². The zero-order valence-corrected chi connectivity index (χ0v) is 12.5. The zero-order chi connectivity index (χ0) is 14.4. The number of piperidine rings is 1. The van der Waals surface area contributed by atoms with Crippen LogP contribution in [-0.2, 0) is 4.74 Å². The van der Waals surface area contributed by atoms with Crippen molar-refractivity contribution in [3.05, 3.63) is 29.8 Å². The molecule has 1 heterocycles. The van der Waals surface area contributed by atoms with Crippen molar-refractivity contribution in [2.24, 2.45) is 0 Å². The van der Waals surface area contributed by atoms with Crippen LogP contribution in [0.15, 0.2) is 24.3 Å². The fourth-order valence-electron chi connectivity index (χ4n) is 2.64. The molecule has 1 unspecified atom stereocenters. The molecule has 1 saturated heterocycles. The lowest BCUT2D eigenvalue weighted by molar-refractivity contribution is 0.0159. The Kier molecular flexibility index (Phi) is 5.83. The van der Waals surface area contributed by atoms with Gasteiger partial charge in [0.2, 0.25) is 0 Å². The van der Waals surface area contributed by atoms with Gasteiger partial charge in [0.15, 0.2) is 0 Å². The Morgan fingerprint density at radius 2 is 1.95 bits per heavy atom. The van der Waals surface area contributed by atoms with Crippen LogP contribution in [0.2, 0.25) is 0 Å². The van der Waals surface area contributed by atoms with E-state index in [-0.39, 0.29) is 6.61 Å². The van der Waals surface area contributed by atoms with Crippen LogP contribution in [0.4, 0.5) is 5.69 Å². The van der Waals surface area contributed by atoms with Crippen LogP contribution < -0.4 is 10.2 Å². The minimum absolute atomic E-state index is 0.116. The van der Waals surface area contributed by atoms with Crippen molar-refractivity contribution in [1.29, 1.82) is 0 Å². The Morgan fingerprint density at radius 3 is 2.50 bits per heavy atom. The van der Waals surface area contributed by atoms with E-state index in [1.807, 2.05) is 7.05 Å². The van der Waals surface area contributed by atoms with Crippen molar-refractivity contribution in [2.45, 2.75) is 31.9 Å². The zero-order valence-electron chi connectivity index (χ0n) is 12.5. The summed E-state index contributed by atoms with van der Waals surface area (Å²) in [6, 6.07) is 9.20. The first kappa shape index (κ1) is 15.3. The van der Waals surface area contributed by atoms with Gasteiger partial charge in [-0.2, -0.15) is 0 Å². The molecule has 0 saturated carbocycles. The van der Waals surface area contributed by atoms with E-state index in [2.05, 4.69) is 41.4 Å². The normalized spacial score (nSPS) is 18.2. The molecule has 4 nitrogen and oxygen atoms in total. The predicted molar refractivity (Wildman–Crippen MR) is 82.2 cm³/mol. The maximum Gasteiger partial charge on any atom is 0.0701 e. The van der Waals surface area contributed by atoms with Crippen LogP contribution in [0.5, 0.6) is 0 Å². The second-order valence-electron chi connectivity index (χ2n) is 5.38. The van der Waals surface area contributed by atoms with Gasteiger partial charge in [0, 0.05) is 24.8 Å². The monoisotopic (exact) mass is 278 g/mol. The lowest BCUT2D eigenvalue weighted by Gasteiger charge is -2.33. The van der Waals surface area contributed by atoms with Gasteiger partial charge in [-0.05, 0) is 44.5 Å². The topological polar surface area (TPSA) is 44.7 Å². The second-order valence-corrected chi connectivity index (χ2v) is 5.38. The van der Waals surface area contributed by atoms with Crippen molar-refractivity contribution >= 4 is 5.69 Å². The van der Waals surface area contributed by atoms with E-state index in [1.165, 1.54) is 11.3 Å². The molecule has 1 aliphatic rings. The molecule has 0 aliphatic carbocycles. The minimum atomic E-state index is 0.116. The molecule has 1 aromatic carbocycles. The SMILES string of the molecule is CNC(C)c1ccc(N2CCC(OCCO)CC2)cc1. The molecule has 2 rings (SSSR count). The molecule has 0 bridgehead atoms. The molecule has 1 aromatic rings. The number of ether oxygens (including phenoxy) is 1. The fraction of sp³-hybridized carbons (Fsp3) is 0.625. The lowest BCUT2D eigenvalue weighted by atomic mass is 10.0. The van der Waals surface area contributed by atoms with Crippen LogP contribution in [-0.4, -0.2) is 44.6 Å². The largest absolute Gasteiger partial charge is 0.394 e. The molecule has 0 radical (unpaired) electrons. The van der Waals surface area contributed by atoms with E-state index >= 15 is 0 Å². The first-order valence-electron chi connectivity index (χ1n) is 7.49. The van der Waals surface area contributed by atoms with Crippen molar-refractivity contribution < 1.29 is 9.84 Å². The number of anilines is 1. The summed E-state index contributed by atoms with van der Waals surface area (Å²) in [6.07, 6.45) is 2.38. The number of rotatable bonds is 6. The summed E-state index contributed by atoms with van der Waals surface area (Å²) in [5.74, 6) is 0. The number of nitrogens with zero attached hydrogens (tertiary/aromatic N) is 1. The summed E-state index contributed by atoms with van der Waals surface area (Å²) < 4.78 is 5.60. The van der Waals surface area contributed by atoms with Gasteiger partial charge in [0.05, 0.1) is 19.3 Å². The van der Waals surface area contributed by atoms with E-state index in [4.69, 9.17) is 9.84 Å². The molecule has 4 heteroatoms. The number of aliphatic hydroxyl groups is 1. The highest BCUT2D eigenvalue weighted by Crippen LogP contribution is 2.23. The molecular formula is C16H26N2O2. The highest BCUT2D eigenvalue weighted by molar-refractivity contribution is 5.48. The third-order valence-corrected chi connectivity index (χ3v) is 4.08.